The Balaban J connectivity index is 2.44. The third kappa shape index (κ3) is 2.57. The van der Waals surface area contributed by atoms with Crippen LogP contribution < -0.4 is 16.8 Å². The molecule has 1 aliphatic rings. The zero-order valence-electron chi connectivity index (χ0n) is 11.1. The zero-order chi connectivity index (χ0) is 16.0. The van der Waals surface area contributed by atoms with Crippen molar-refractivity contribution in [1.82, 2.24) is 0 Å². The van der Waals surface area contributed by atoms with Gasteiger partial charge in [-0.3, -0.25) is 9.59 Å². The summed E-state index contributed by atoms with van der Waals surface area (Å²) in [7, 11) is 0. The van der Waals surface area contributed by atoms with Gasteiger partial charge in [-0.15, -0.1) is 11.3 Å². The molecule has 1 aliphatic carbocycles. The first-order valence-corrected chi connectivity index (χ1v) is 7.05. The molecule has 1 saturated carbocycles. The Morgan fingerprint density at radius 2 is 1.95 bits per heavy atom. The van der Waals surface area contributed by atoms with Crippen LogP contribution in [-0.2, 0) is 0 Å². The SMILES string of the molecule is CCC(=O)c1sc(NC2(C(F)(F)F)CC2)c(C(N)=O)c1N. The maximum absolute atomic E-state index is 13.0. The molecule has 21 heavy (non-hydrogen) atoms. The van der Waals surface area contributed by atoms with E-state index < -0.39 is 17.6 Å². The van der Waals surface area contributed by atoms with Gasteiger partial charge in [0.15, 0.2) is 5.78 Å². The Bertz CT molecular complexity index is 606. The molecule has 0 unspecified atom stereocenters. The summed E-state index contributed by atoms with van der Waals surface area (Å²) in [4.78, 5) is 23.2. The van der Waals surface area contributed by atoms with Crippen LogP contribution in [0.5, 0.6) is 0 Å². The van der Waals surface area contributed by atoms with Crippen molar-refractivity contribution < 1.29 is 22.8 Å². The van der Waals surface area contributed by atoms with Crippen LogP contribution in [0.2, 0.25) is 0 Å². The summed E-state index contributed by atoms with van der Waals surface area (Å²) < 4.78 is 38.9. The Hall–Kier alpha value is -1.77. The van der Waals surface area contributed by atoms with E-state index in [0.29, 0.717) is 0 Å². The number of nitrogens with two attached hydrogens (primary N) is 2. The van der Waals surface area contributed by atoms with Gasteiger partial charge < -0.3 is 16.8 Å². The predicted octanol–water partition coefficient (Wildman–Crippen LogP) is 2.53. The van der Waals surface area contributed by atoms with Gasteiger partial charge in [-0.1, -0.05) is 6.92 Å². The second kappa shape index (κ2) is 4.90. The molecule has 116 valence electrons. The number of primary amides is 1. The first-order valence-electron chi connectivity index (χ1n) is 6.23. The second-order valence-electron chi connectivity index (χ2n) is 4.89. The highest BCUT2D eigenvalue weighted by Gasteiger charge is 2.64. The lowest BCUT2D eigenvalue weighted by atomic mass is 10.1. The molecule has 5 N–H and O–H groups in total. The average Bonchev–Trinajstić information content (AvgIpc) is 3.07. The Morgan fingerprint density at radius 1 is 1.38 bits per heavy atom. The number of thiophene rings is 1. The number of halogens is 3. The van der Waals surface area contributed by atoms with Crippen molar-refractivity contribution in [1.29, 1.82) is 0 Å². The van der Waals surface area contributed by atoms with Crippen LogP contribution in [0.1, 0.15) is 46.2 Å². The number of Topliss-reactive ketones (excluding diaryl/α,β-unsaturated/α-hetero) is 1. The predicted molar refractivity (Wildman–Crippen MR) is 73.5 cm³/mol. The molecule has 0 spiro atoms. The van der Waals surface area contributed by atoms with E-state index in [-0.39, 0.29) is 46.2 Å². The third-order valence-electron chi connectivity index (χ3n) is 3.41. The van der Waals surface area contributed by atoms with Crippen LogP contribution in [0, 0.1) is 0 Å². The molecule has 0 radical (unpaired) electrons. The molecule has 1 heterocycles. The molecule has 1 aromatic rings. The van der Waals surface area contributed by atoms with Crippen LogP contribution >= 0.6 is 11.3 Å². The smallest absolute Gasteiger partial charge is 0.397 e. The molecular formula is C12H14F3N3O2S. The van der Waals surface area contributed by atoms with E-state index in [2.05, 4.69) is 5.32 Å². The molecule has 2 rings (SSSR count). The molecule has 5 nitrogen and oxygen atoms in total. The molecule has 0 atom stereocenters. The second-order valence-corrected chi connectivity index (χ2v) is 5.92. The van der Waals surface area contributed by atoms with Gasteiger partial charge in [-0.05, 0) is 12.8 Å². The van der Waals surface area contributed by atoms with Crippen molar-refractivity contribution in [3.8, 4) is 0 Å². The fraction of sp³-hybridized carbons (Fsp3) is 0.500. The van der Waals surface area contributed by atoms with Crippen LogP contribution in [-0.4, -0.2) is 23.4 Å². The molecule has 1 amide bonds. The Kier molecular flexibility index (Phi) is 3.64. The van der Waals surface area contributed by atoms with Gasteiger partial charge in [0.25, 0.3) is 5.91 Å². The topological polar surface area (TPSA) is 98.2 Å². The van der Waals surface area contributed by atoms with E-state index in [9.17, 15) is 22.8 Å². The first-order chi connectivity index (χ1) is 9.63. The van der Waals surface area contributed by atoms with E-state index in [1.807, 2.05) is 0 Å². The largest absolute Gasteiger partial charge is 0.411 e. The maximum atomic E-state index is 13.0. The van der Waals surface area contributed by atoms with Gasteiger partial charge in [0, 0.05) is 6.42 Å². The number of nitrogens with one attached hydrogen (secondary N) is 1. The number of amides is 1. The summed E-state index contributed by atoms with van der Waals surface area (Å²) in [5.74, 6) is -1.30. The number of rotatable bonds is 5. The third-order valence-corrected chi connectivity index (χ3v) is 4.57. The lowest BCUT2D eigenvalue weighted by molar-refractivity contribution is -0.151. The number of hydrogen-bond acceptors (Lipinski definition) is 5. The summed E-state index contributed by atoms with van der Waals surface area (Å²) in [5.41, 5.74) is 8.42. The highest BCUT2D eigenvalue weighted by atomic mass is 32.1. The Labute approximate surface area is 122 Å². The first kappa shape index (κ1) is 15.6. The minimum Gasteiger partial charge on any atom is -0.397 e. The molecule has 9 heteroatoms. The molecule has 0 aliphatic heterocycles. The lowest BCUT2D eigenvalue weighted by Gasteiger charge is -2.21. The fourth-order valence-corrected chi connectivity index (χ4v) is 3.20. The molecule has 0 saturated heterocycles. The van der Waals surface area contributed by atoms with E-state index >= 15 is 0 Å². The van der Waals surface area contributed by atoms with Crippen LogP contribution in [0.15, 0.2) is 0 Å². The number of nitrogen functional groups attached to an aromatic ring is 1. The van der Waals surface area contributed by atoms with Crippen LogP contribution in [0.4, 0.5) is 23.9 Å². The quantitative estimate of drug-likeness (QED) is 0.726. The molecule has 0 aromatic carbocycles. The van der Waals surface area contributed by atoms with Crippen LogP contribution in [0.3, 0.4) is 0 Å². The highest BCUT2D eigenvalue weighted by molar-refractivity contribution is 7.19. The number of carbonyl (C=O) groups excluding carboxylic acids is 2. The van der Waals surface area contributed by atoms with Crippen molar-refractivity contribution in [2.45, 2.75) is 37.9 Å². The minimum absolute atomic E-state index is 0.0618. The molecule has 0 bridgehead atoms. The highest BCUT2D eigenvalue weighted by Crippen LogP contribution is 2.53. The average molecular weight is 321 g/mol. The van der Waals surface area contributed by atoms with Crippen LogP contribution in [0.25, 0.3) is 0 Å². The van der Waals surface area contributed by atoms with Crippen molar-refractivity contribution in [3.05, 3.63) is 10.4 Å². The van der Waals surface area contributed by atoms with Gasteiger partial charge in [-0.25, -0.2) is 0 Å². The van der Waals surface area contributed by atoms with Gasteiger partial charge in [0.05, 0.1) is 16.1 Å². The number of carbonyl (C=O) groups is 2. The monoisotopic (exact) mass is 321 g/mol. The van der Waals surface area contributed by atoms with E-state index in [1.165, 1.54) is 0 Å². The zero-order valence-corrected chi connectivity index (χ0v) is 12.0. The summed E-state index contributed by atoms with van der Waals surface area (Å²) in [6, 6.07) is 0. The maximum Gasteiger partial charge on any atom is 0.411 e. The number of alkyl halides is 3. The van der Waals surface area contributed by atoms with Crippen molar-refractivity contribution in [2.75, 3.05) is 11.1 Å². The minimum atomic E-state index is -4.45. The van der Waals surface area contributed by atoms with E-state index in [1.54, 1.807) is 6.92 Å². The normalized spacial score (nSPS) is 16.6. The number of ketones is 1. The summed E-state index contributed by atoms with van der Waals surface area (Å²) in [6.45, 7) is 1.59. The summed E-state index contributed by atoms with van der Waals surface area (Å²) in [6.07, 6.45) is -4.50. The summed E-state index contributed by atoms with van der Waals surface area (Å²) >= 11 is 0.744. The molecular weight excluding hydrogens is 307 g/mol. The number of hydrogen-bond donors (Lipinski definition) is 3. The van der Waals surface area contributed by atoms with Crippen molar-refractivity contribution in [3.63, 3.8) is 0 Å². The summed E-state index contributed by atoms with van der Waals surface area (Å²) in [5, 5.41) is 2.23. The van der Waals surface area contributed by atoms with E-state index in [4.69, 9.17) is 11.5 Å². The van der Waals surface area contributed by atoms with Gasteiger partial charge in [0.2, 0.25) is 0 Å². The fourth-order valence-electron chi connectivity index (χ4n) is 1.97. The molecule has 1 fully saturated rings. The van der Waals surface area contributed by atoms with Gasteiger partial charge >= 0.3 is 6.18 Å². The lowest BCUT2D eigenvalue weighted by Crippen LogP contribution is -2.38. The standard InChI is InChI=1S/C12H14F3N3O2S/c1-2-5(19)8-7(16)6(9(17)20)10(21-8)18-11(3-4-11)12(13,14)15/h18H,2-4,16H2,1H3,(H2,17,20). The molecule has 1 aromatic heterocycles. The van der Waals surface area contributed by atoms with Crippen molar-refractivity contribution in [2.24, 2.45) is 5.73 Å². The Morgan fingerprint density at radius 3 is 2.33 bits per heavy atom. The van der Waals surface area contributed by atoms with Crippen molar-refractivity contribution >= 4 is 33.7 Å². The van der Waals surface area contributed by atoms with Gasteiger partial charge in [-0.2, -0.15) is 13.2 Å². The van der Waals surface area contributed by atoms with Gasteiger partial charge in [0.1, 0.15) is 10.5 Å². The number of anilines is 2. The van der Waals surface area contributed by atoms with E-state index in [0.717, 1.165) is 11.3 Å².